The first-order valence-electron chi connectivity index (χ1n) is 11.4. The maximum Gasteiger partial charge on any atom is 0.129 e. The monoisotopic (exact) mass is 344 g/mol. The fraction of sp³-hybridized carbons (Fsp3) is 0.958. The molecule has 4 rings (SSSR count). The van der Waals surface area contributed by atoms with E-state index < -0.39 is 0 Å². The minimum absolute atomic E-state index is 0.385. The molecule has 8 unspecified atom stereocenters. The van der Waals surface area contributed by atoms with E-state index in [0.29, 0.717) is 16.6 Å². The summed E-state index contributed by atoms with van der Waals surface area (Å²) in [5, 5.41) is 0. The van der Waals surface area contributed by atoms with Gasteiger partial charge in [0.2, 0.25) is 0 Å². The summed E-state index contributed by atoms with van der Waals surface area (Å²) < 4.78 is 0. The lowest BCUT2D eigenvalue weighted by atomic mass is 9.40. The molecule has 25 heavy (non-hydrogen) atoms. The highest BCUT2D eigenvalue weighted by atomic mass is 16.1. The molecule has 0 aromatic heterocycles. The van der Waals surface area contributed by atoms with Gasteiger partial charge in [-0.05, 0) is 105 Å². The Morgan fingerprint density at radius 1 is 0.960 bits per heavy atom. The first-order valence-corrected chi connectivity index (χ1v) is 11.4. The van der Waals surface area contributed by atoms with Gasteiger partial charge in [0, 0.05) is 6.42 Å². The van der Waals surface area contributed by atoms with Gasteiger partial charge in [-0.3, -0.25) is 0 Å². The summed E-state index contributed by atoms with van der Waals surface area (Å²) in [6, 6.07) is 0. The fourth-order valence-corrected chi connectivity index (χ4v) is 8.58. The zero-order valence-electron chi connectivity index (χ0n) is 17.2. The molecule has 0 aromatic rings. The van der Waals surface area contributed by atoms with Crippen molar-refractivity contribution in [1.82, 2.24) is 0 Å². The standard InChI is InChI=1S/C24H40O/c1-16-12-14-24(4)21-10-8-18-6-5-7-19(18)20(21)9-11-22(24)23(16,3)15-13-17(2)25/h16,18-22H,5-15H2,1-4H3. The van der Waals surface area contributed by atoms with Crippen LogP contribution in [0.15, 0.2) is 0 Å². The van der Waals surface area contributed by atoms with Gasteiger partial charge in [0.25, 0.3) is 0 Å². The Labute approximate surface area is 155 Å². The van der Waals surface area contributed by atoms with E-state index in [-0.39, 0.29) is 0 Å². The topological polar surface area (TPSA) is 17.1 Å². The van der Waals surface area contributed by atoms with Crippen LogP contribution in [0.1, 0.15) is 98.3 Å². The molecule has 4 fully saturated rings. The molecule has 0 amide bonds. The van der Waals surface area contributed by atoms with Crippen LogP contribution >= 0.6 is 0 Å². The number of ketones is 1. The zero-order valence-corrected chi connectivity index (χ0v) is 17.2. The fourth-order valence-electron chi connectivity index (χ4n) is 8.58. The zero-order chi connectivity index (χ0) is 17.8. The highest BCUT2D eigenvalue weighted by molar-refractivity contribution is 5.75. The largest absolute Gasteiger partial charge is 0.300 e. The van der Waals surface area contributed by atoms with Gasteiger partial charge in [0.15, 0.2) is 0 Å². The molecule has 0 aromatic carbocycles. The lowest BCUT2D eigenvalue weighted by molar-refractivity contribution is -0.155. The Morgan fingerprint density at radius 2 is 1.76 bits per heavy atom. The number of Topliss-reactive ketones (excluding diaryl/α,β-unsaturated/α-hetero) is 1. The number of hydrogen-bond donors (Lipinski definition) is 0. The van der Waals surface area contributed by atoms with E-state index in [9.17, 15) is 4.79 Å². The molecule has 8 atom stereocenters. The summed E-state index contributed by atoms with van der Waals surface area (Å²) in [6.45, 7) is 9.51. The van der Waals surface area contributed by atoms with Crippen LogP contribution in [-0.2, 0) is 4.79 Å². The summed E-state index contributed by atoms with van der Waals surface area (Å²) in [5.74, 6) is 6.18. The summed E-state index contributed by atoms with van der Waals surface area (Å²) in [7, 11) is 0. The first kappa shape index (κ1) is 18.1. The van der Waals surface area contributed by atoms with Gasteiger partial charge in [-0.1, -0.05) is 33.6 Å². The molecule has 1 nitrogen and oxygen atoms in total. The van der Waals surface area contributed by atoms with Gasteiger partial charge in [0.1, 0.15) is 5.78 Å². The maximum atomic E-state index is 11.7. The minimum atomic E-state index is 0.385. The Kier molecular flexibility index (Phi) is 4.61. The first-order chi connectivity index (χ1) is 11.9. The second-order valence-electron chi connectivity index (χ2n) is 11.0. The molecule has 4 aliphatic carbocycles. The van der Waals surface area contributed by atoms with Crippen molar-refractivity contribution >= 4 is 5.78 Å². The van der Waals surface area contributed by atoms with Crippen molar-refractivity contribution in [3.05, 3.63) is 0 Å². The predicted octanol–water partition coefficient (Wildman–Crippen LogP) is 6.65. The highest BCUT2D eigenvalue weighted by Crippen LogP contribution is 2.68. The van der Waals surface area contributed by atoms with Crippen molar-refractivity contribution in [3.8, 4) is 0 Å². The van der Waals surface area contributed by atoms with Crippen molar-refractivity contribution in [1.29, 1.82) is 0 Å². The van der Waals surface area contributed by atoms with Crippen molar-refractivity contribution in [2.24, 2.45) is 46.3 Å². The second-order valence-corrected chi connectivity index (χ2v) is 11.0. The SMILES string of the molecule is CC(=O)CCC1(C)C(C)CCC2(C)C3CCC4CCCC4C3CCC12. The van der Waals surface area contributed by atoms with Crippen LogP contribution < -0.4 is 0 Å². The molecule has 4 aliphatic rings. The summed E-state index contributed by atoms with van der Waals surface area (Å²) >= 11 is 0. The van der Waals surface area contributed by atoms with Crippen LogP contribution in [0.25, 0.3) is 0 Å². The van der Waals surface area contributed by atoms with Crippen LogP contribution in [0.3, 0.4) is 0 Å². The lowest BCUT2D eigenvalue weighted by Gasteiger charge is -2.64. The smallest absolute Gasteiger partial charge is 0.129 e. The van der Waals surface area contributed by atoms with E-state index in [1.54, 1.807) is 6.92 Å². The van der Waals surface area contributed by atoms with Crippen molar-refractivity contribution in [2.75, 3.05) is 0 Å². The van der Waals surface area contributed by atoms with E-state index in [1.165, 1.54) is 57.8 Å². The third-order valence-corrected chi connectivity index (χ3v) is 10.1. The van der Waals surface area contributed by atoms with E-state index in [1.807, 2.05) is 0 Å². The summed E-state index contributed by atoms with van der Waals surface area (Å²) in [5.41, 5.74) is 0.935. The Hall–Kier alpha value is -0.330. The third-order valence-electron chi connectivity index (χ3n) is 10.1. The Bertz CT molecular complexity index is 524. The summed E-state index contributed by atoms with van der Waals surface area (Å²) in [4.78, 5) is 11.7. The van der Waals surface area contributed by atoms with Crippen molar-refractivity contribution in [2.45, 2.75) is 98.3 Å². The highest BCUT2D eigenvalue weighted by Gasteiger charge is 2.60. The predicted molar refractivity (Wildman–Crippen MR) is 104 cm³/mol. The molecular formula is C24H40O. The maximum absolute atomic E-state index is 11.7. The number of carbonyl (C=O) groups excluding carboxylic acids is 1. The molecule has 0 saturated heterocycles. The Morgan fingerprint density at radius 3 is 2.52 bits per heavy atom. The van der Waals surface area contributed by atoms with E-state index in [0.717, 1.165) is 48.3 Å². The molecule has 0 radical (unpaired) electrons. The normalized spacial score (nSPS) is 52.2. The number of fused-ring (bicyclic) bond motifs is 5. The van der Waals surface area contributed by atoms with Crippen LogP contribution in [-0.4, -0.2) is 5.78 Å². The van der Waals surface area contributed by atoms with E-state index in [2.05, 4.69) is 20.8 Å². The van der Waals surface area contributed by atoms with Gasteiger partial charge >= 0.3 is 0 Å². The van der Waals surface area contributed by atoms with E-state index in [4.69, 9.17) is 0 Å². The lowest BCUT2D eigenvalue weighted by Crippen LogP contribution is -2.57. The molecule has 4 saturated carbocycles. The van der Waals surface area contributed by atoms with Crippen molar-refractivity contribution < 1.29 is 4.79 Å². The third kappa shape index (κ3) is 2.74. The van der Waals surface area contributed by atoms with Gasteiger partial charge in [-0.25, -0.2) is 0 Å². The second kappa shape index (κ2) is 6.38. The van der Waals surface area contributed by atoms with Crippen LogP contribution in [0, 0.1) is 46.3 Å². The molecular weight excluding hydrogens is 304 g/mol. The molecule has 1 heteroatoms. The van der Waals surface area contributed by atoms with Gasteiger partial charge in [0.05, 0.1) is 0 Å². The molecule has 0 bridgehead atoms. The van der Waals surface area contributed by atoms with Gasteiger partial charge in [-0.15, -0.1) is 0 Å². The average molecular weight is 345 g/mol. The average Bonchev–Trinajstić information content (AvgIpc) is 3.06. The molecule has 0 aliphatic heterocycles. The minimum Gasteiger partial charge on any atom is -0.300 e. The molecule has 0 heterocycles. The number of rotatable bonds is 3. The van der Waals surface area contributed by atoms with Crippen LogP contribution in [0.4, 0.5) is 0 Å². The van der Waals surface area contributed by atoms with Crippen molar-refractivity contribution in [3.63, 3.8) is 0 Å². The van der Waals surface area contributed by atoms with Crippen LogP contribution in [0.2, 0.25) is 0 Å². The number of hydrogen-bond acceptors (Lipinski definition) is 1. The molecule has 142 valence electrons. The Balaban J connectivity index is 1.61. The van der Waals surface area contributed by atoms with Crippen LogP contribution in [0.5, 0.6) is 0 Å². The molecule has 0 spiro atoms. The van der Waals surface area contributed by atoms with Gasteiger partial charge < -0.3 is 4.79 Å². The number of carbonyl (C=O) groups is 1. The molecule has 0 N–H and O–H groups in total. The van der Waals surface area contributed by atoms with Gasteiger partial charge in [-0.2, -0.15) is 0 Å². The quantitative estimate of drug-likeness (QED) is 0.560. The van der Waals surface area contributed by atoms with E-state index >= 15 is 0 Å². The summed E-state index contributed by atoms with van der Waals surface area (Å²) in [6.07, 6.45) is 15.3.